The van der Waals surface area contributed by atoms with Crippen LogP contribution in [0.15, 0.2) is 71.5 Å². The average molecular weight is 481 g/mol. The van der Waals surface area contributed by atoms with Gasteiger partial charge in [-0.3, -0.25) is 0 Å². The monoisotopic (exact) mass is 480 g/mol. The van der Waals surface area contributed by atoms with Crippen molar-refractivity contribution in [3.05, 3.63) is 99.5 Å². The molecular formula is C27H24N6O3. The number of rotatable bonds is 9. The van der Waals surface area contributed by atoms with Crippen LogP contribution in [0.1, 0.15) is 22.3 Å². The first-order valence-corrected chi connectivity index (χ1v) is 11.2. The van der Waals surface area contributed by atoms with E-state index in [4.69, 9.17) is 14.7 Å². The Balaban J connectivity index is 1.54. The second-order valence-electron chi connectivity index (χ2n) is 7.99. The van der Waals surface area contributed by atoms with Crippen molar-refractivity contribution in [3.8, 4) is 35.0 Å². The van der Waals surface area contributed by atoms with E-state index in [1.807, 2.05) is 67.6 Å². The molecule has 4 rings (SSSR count). The number of nitrogens with one attached hydrogen (secondary N) is 1. The molecule has 9 nitrogen and oxygen atoms in total. The highest BCUT2D eigenvalue weighted by atomic mass is 16.5. The van der Waals surface area contributed by atoms with Gasteiger partial charge >= 0.3 is 5.69 Å². The first-order valence-electron chi connectivity index (χ1n) is 11.2. The molecule has 0 saturated heterocycles. The Morgan fingerprint density at radius 1 is 0.944 bits per heavy atom. The van der Waals surface area contributed by atoms with Gasteiger partial charge in [0.15, 0.2) is 5.82 Å². The highest BCUT2D eigenvalue weighted by Gasteiger charge is 2.15. The lowest BCUT2D eigenvalue weighted by atomic mass is 10.1. The summed E-state index contributed by atoms with van der Waals surface area (Å²) < 4.78 is 13.7. The Labute approximate surface area is 208 Å². The number of aryl methyl sites for hydroxylation is 1. The lowest BCUT2D eigenvalue weighted by molar-refractivity contribution is 0.288. The zero-order valence-electron chi connectivity index (χ0n) is 19.9. The number of nitrogens with zero attached hydrogens (tertiary/aromatic N) is 5. The average Bonchev–Trinajstić information content (AvgIpc) is 3.22. The van der Waals surface area contributed by atoms with E-state index in [1.165, 1.54) is 21.5 Å². The second-order valence-corrected chi connectivity index (χ2v) is 7.99. The van der Waals surface area contributed by atoms with Crippen LogP contribution in [0.5, 0.6) is 11.5 Å². The van der Waals surface area contributed by atoms with Crippen molar-refractivity contribution < 1.29 is 9.47 Å². The Kier molecular flexibility index (Phi) is 7.33. The van der Waals surface area contributed by atoms with E-state index in [9.17, 15) is 10.1 Å². The van der Waals surface area contributed by atoms with Crippen molar-refractivity contribution in [2.24, 2.45) is 0 Å². The van der Waals surface area contributed by atoms with Gasteiger partial charge in [0.05, 0.1) is 31.3 Å². The highest BCUT2D eigenvalue weighted by molar-refractivity contribution is 5.55. The molecule has 4 aromatic rings. The molecule has 0 aliphatic heterocycles. The second kappa shape index (κ2) is 10.9. The van der Waals surface area contributed by atoms with E-state index >= 15 is 0 Å². The molecule has 9 heteroatoms. The van der Waals surface area contributed by atoms with Crippen molar-refractivity contribution in [2.45, 2.75) is 20.0 Å². The van der Waals surface area contributed by atoms with Gasteiger partial charge in [0.1, 0.15) is 30.2 Å². The zero-order valence-corrected chi connectivity index (χ0v) is 19.9. The lowest BCUT2D eigenvalue weighted by Gasteiger charge is -2.10. The molecular weight excluding hydrogens is 456 g/mol. The fraction of sp³-hybridized carbons (Fsp3) is 0.185. The molecule has 0 spiro atoms. The third-order valence-corrected chi connectivity index (χ3v) is 5.55. The molecule has 0 fully saturated rings. The molecule has 0 radical (unpaired) electrons. The molecule has 36 heavy (non-hydrogen) atoms. The Bertz CT molecular complexity index is 1490. The molecule has 1 aromatic heterocycles. The van der Waals surface area contributed by atoms with Crippen molar-refractivity contribution >= 4 is 0 Å². The largest absolute Gasteiger partial charge is 0.497 e. The minimum absolute atomic E-state index is 0.152. The van der Waals surface area contributed by atoms with Gasteiger partial charge in [-0.1, -0.05) is 42.0 Å². The summed E-state index contributed by atoms with van der Waals surface area (Å²) >= 11 is 0. The maximum absolute atomic E-state index is 13.2. The maximum atomic E-state index is 13.2. The number of methoxy groups -OCH3 is 1. The quantitative estimate of drug-likeness (QED) is 0.389. The van der Waals surface area contributed by atoms with E-state index in [0.29, 0.717) is 18.1 Å². The third-order valence-electron chi connectivity index (χ3n) is 5.55. The van der Waals surface area contributed by atoms with Crippen LogP contribution >= 0.6 is 0 Å². The van der Waals surface area contributed by atoms with Gasteiger partial charge in [-0.2, -0.15) is 15.2 Å². The predicted octanol–water partition coefficient (Wildman–Crippen LogP) is 3.59. The number of ether oxygens (including phenoxy) is 2. The summed E-state index contributed by atoms with van der Waals surface area (Å²) in [7, 11) is 1.61. The van der Waals surface area contributed by atoms with Crippen LogP contribution in [0, 0.1) is 29.6 Å². The smallest absolute Gasteiger partial charge is 0.365 e. The minimum Gasteiger partial charge on any atom is -0.497 e. The number of benzene rings is 3. The lowest BCUT2D eigenvalue weighted by Crippen LogP contribution is -2.32. The van der Waals surface area contributed by atoms with Crippen LogP contribution in [0.3, 0.4) is 0 Å². The Morgan fingerprint density at radius 3 is 2.31 bits per heavy atom. The summed E-state index contributed by atoms with van der Waals surface area (Å²) in [5, 5.41) is 22.8. The molecule has 0 aliphatic carbocycles. The number of aromatic nitrogens is 3. The van der Waals surface area contributed by atoms with Crippen LogP contribution < -0.4 is 20.6 Å². The Hall–Kier alpha value is -5.02. The normalized spacial score (nSPS) is 10.3. The maximum Gasteiger partial charge on any atom is 0.365 e. The molecule has 0 bridgehead atoms. The van der Waals surface area contributed by atoms with E-state index in [0.717, 1.165) is 22.4 Å². The number of nitriles is 2. The van der Waals surface area contributed by atoms with E-state index in [2.05, 4.69) is 10.5 Å². The van der Waals surface area contributed by atoms with Crippen molar-refractivity contribution in [3.63, 3.8) is 0 Å². The van der Waals surface area contributed by atoms with Crippen LogP contribution in [-0.4, -0.2) is 28.2 Å². The Morgan fingerprint density at radius 2 is 1.64 bits per heavy atom. The van der Waals surface area contributed by atoms with Crippen molar-refractivity contribution in [2.75, 3.05) is 19.1 Å². The summed E-state index contributed by atoms with van der Waals surface area (Å²) in [6, 6.07) is 24.0. The summed E-state index contributed by atoms with van der Waals surface area (Å²) in [6.45, 7) is 2.75. The van der Waals surface area contributed by atoms with Crippen LogP contribution in [0.25, 0.3) is 11.4 Å². The fourth-order valence-corrected chi connectivity index (χ4v) is 3.55. The summed E-state index contributed by atoms with van der Waals surface area (Å²) in [5.74, 6) is 1.68. The van der Waals surface area contributed by atoms with Gasteiger partial charge in [-0.15, -0.1) is 5.10 Å². The molecule has 180 valence electrons. The molecule has 0 atom stereocenters. The fourth-order valence-electron chi connectivity index (χ4n) is 3.55. The molecule has 3 aromatic carbocycles. The van der Waals surface area contributed by atoms with Crippen molar-refractivity contribution in [1.29, 1.82) is 10.5 Å². The topological polar surface area (TPSA) is 118 Å². The molecule has 1 N–H and O–H groups in total. The van der Waals surface area contributed by atoms with Gasteiger partial charge < -0.3 is 14.9 Å². The minimum atomic E-state index is -0.333. The molecule has 0 aliphatic rings. The molecule has 1 heterocycles. The van der Waals surface area contributed by atoms with Crippen LogP contribution in [-0.2, 0) is 13.1 Å². The zero-order chi connectivity index (χ0) is 25.5. The first-order chi connectivity index (χ1) is 17.5. The molecule has 0 saturated carbocycles. The van der Waals surface area contributed by atoms with Crippen LogP contribution in [0.4, 0.5) is 0 Å². The molecule has 0 amide bonds. The van der Waals surface area contributed by atoms with Gasteiger partial charge in [-0.25, -0.2) is 9.48 Å². The number of hydrogen-bond acceptors (Lipinski definition) is 7. The van der Waals surface area contributed by atoms with Gasteiger partial charge in [0, 0.05) is 5.56 Å². The summed E-state index contributed by atoms with van der Waals surface area (Å²) in [5.41, 5.74) is 6.24. The van der Waals surface area contributed by atoms with Gasteiger partial charge in [0.25, 0.3) is 0 Å². The first kappa shape index (κ1) is 24.1. The van der Waals surface area contributed by atoms with Gasteiger partial charge in [-0.05, 0) is 42.8 Å². The predicted molar refractivity (Wildman–Crippen MR) is 134 cm³/mol. The van der Waals surface area contributed by atoms with E-state index in [-0.39, 0.29) is 30.0 Å². The van der Waals surface area contributed by atoms with E-state index < -0.39 is 0 Å². The van der Waals surface area contributed by atoms with Crippen molar-refractivity contribution in [1.82, 2.24) is 14.5 Å². The SMILES string of the molecule is COc1ccc(CNn2c(-c3ccc(C)cc3)nn(CCOc3ccc(C#N)c(C#N)c3)c2=O)cc1. The van der Waals surface area contributed by atoms with Gasteiger partial charge in [0.2, 0.25) is 0 Å². The number of hydrogen-bond donors (Lipinski definition) is 1. The van der Waals surface area contributed by atoms with E-state index in [1.54, 1.807) is 13.2 Å². The standard InChI is InChI=1S/C27H24N6O3/c1-19-3-7-21(8-4-19)26-31-32(13-14-36-25-12-9-22(16-28)23(15-25)17-29)27(34)33(26)30-18-20-5-10-24(35-2)11-6-20/h3-12,15,30H,13-14,18H2,1-2H3. The highest BCUT2D eigenvalue weighted by Crippen LogP contribution is 2.18. The summed E-state index contributed by atoms with van der Waals surface area (Å²) in [6.07, 6.45) is 0. The molecule has 0 unspecified atom stereocenters. The third kappa shape index (κ3) is 5.37. The van der Waals surface area contributed by atoms with Crippen LogP contribution in [0.2, 0.25) is 0 Å². The summed E-state index contributed by atoms with van der Waals surface area (Å²) in [4.78, 5) is 13.2.